The molecule has 0 bridgehead atoms. The second-order valence-electron chi connectivity index (χ2n) is 4.26. The molecule has 1 aromatic rings. The summed E-state index contributed by atoms with van der Waals surface area (Å²) in [6.07, 6.45) is 0.710. The smallest absolute Gasteiger partial charge is 0.225 e. The molecule has 1 aliphatic heterocycles. The zero-order chi connectivity index (χ0) is 11.8. The number of nitrogen functional groups attached to an aromatic ring is 2. The lowest BCUT2D eigenvalue weighted by Gasteiger charge is -2.23. The van der Waals surface area contributed by atoms with Crippen LogP contribution in [0.2, 0.25) is 0 Å². The third-order valence-corrected chi connectivity index (χ3v) is 2.66. The van der Waals surface area contributed by atoms with Crippen LogP contribution in [0.5, 0.6) is 5.88 Å². The van der Waals surface area contributed by atoms with Crippen LogP contribution in [-0.2, 0) is 6.42 Å². The van der Waals surface area contributed by atoms with E-state index in [0.717, 1.165) is 18.7 Å². The summed E-state index contributed by atoms with van der Waals surface area (Å²) >= 11 is 0. The number of hydrogen-bond acceptors (Lipinski definition) is 6. The molecule has 2 rings (SSSR count). The van der Waals surface area contributed by atoms with E-state index >= 15 is 0 Å². The highest BCUT2D eigenvalue weighted by Crippen LogP contribution is 2.36. The van der Waals surface area contributed by atoms with Gasteiger partial charge in [-0.2, -0.15) is 9.97 Å². The standard InChI is InChI=1S/C10H17N5O/c1-3-13-5-10(2)4-6-7(11)14-9(12)15-8(6)16-10/h13H,3-5H2,1-2H3,(H4,11,12,14,15). The van der Waals surface area contributed by atoms with Crippen LogP contribution < -0.4 is 21.5 Å². The topological polar surface area (TPSA) is 99.1 Å². The zero-order valence-electron chi connectivity index (χ0n) is 9.58. The molecule has 1 unspecified atom stereocenters. The molecule has 0 saturated carbocycles. The van der Waals surface area contributed by atoms with Crippen LogP contribution in [0, 0.1) is 0 Å². The maximum atomic E-state index is 5.79. The van der Waals surface area contributed by atoms with E-state index in [1.807, 2.05) is 6.92 Å². The summed E-state index contributed by atoms with van der Waals surface area (Å²) in [5, 5.41) is 3.25. The number of nitrogens with one attached hydrogen (secondary N) is 1. The zero-order valence-corrected chi connectivity index (χ0v) is 9.58. The van der Waals surface area contributed by atoms with E-state index in [4.69, 9.17) is 16.2 Å². The predicted octanol–water partition coefficient (Wildman–Crippen LogP) is -0.0559. The monoisotopic (exact) mass is 223 g/mol. The van der Waals surface area contributed by atoms with Crippen molar-refractivity contribution in [3.05, 3.63) is 5.56 Å². The minimum atomic E-state index is -0.311. The number of anilines is 2. The second-order valence-corrected chi connectivity index (χ2v) is 4.26. The number of rotatable bonds is 3. The van der Waals surface area contributed by atoms with Gasteiger partial charge in [0.1, 0.15) is 11.4 Å². The molecule has 0 fully saturated rings. The van der Waals surface area contributed by atoms with E-state index in [1.165, 1.54) is 0 Å². The Hall–Kier alpha value is -1.56. The van der Waals surface area contributed by atoms with Crippen molar-refractivity contribution in [3.8, 4) is 5.88 Å². The van der Waals surface area contributed by atoms with Gasteiger partial charge in [0.2, 0.25) is 11.8 Å². The molecule has 6 heteroatoms. The maximum Gasteiger partial charge on any atom is 0.225 e. The lowest BCUT2D eigenvalue weighted by Crippen LogP contribution is -2.41. The number of nitrogens with zero attached hydrogens (tertiary/aromatic N) is 2. The van der Waals surface area contributed by atoms with Gasteiger partial charge in [0, 0.05) is 13.0 Å². The molecule has 2 heterocycles. The largest absolute Gasteiger partial charge is 0.469 e. The van der Waals surface area contributed by atoms with Crippen molar-refractivity contribution in [2.45, 2.75) is 25.9 Å². The van der Waals surface area contributed by atoms with Crippen LogP contribution in [0.3, 0.4) is 0 Å². The van der Waals surface area contributed by atoms with Crippen LogP contribution in [0.25, 0.3) is 0 Å². The minimum Gasteiger partial charge on any atom is -0.469 e. The van der Waals surface area contributed by atoms with E-state index in [9.17, 15) is 0 Å². The molecule has 0 aromatic carbocycles. The molecule has 0 spiro atoms. The van der Waals surface area contributed by atoms with Crippen molar-refractivity contribution >= 4 is 11.8 Å². The van der Waals surface area contributed by atoms with Crippen LogP contribution in [-0.4, -0.2) is 28.7 Å². The Kier molecular flexibility index (Phi) is 2.59. The molecular weight excluding hydrogens is 206 g/mol. The molecule has 16 heavy (non-hydrogen) atoms. The molecule has 0 radical (unpaired) electrons. The van der Waals surface area contributed by atoms with Crippen molar-refractivity contribution < 1.29 is 4.74 Å². The Morgan fingerprint density at radius 1 is 1.44 bits per heavy atom. The van der Waals surface area contributed by atoms with Gasteiger partial charge in [-0.1, -0.05) is 6.92 Å². The van der Waals surface area contributed by atoms with E-state index in [1.54, 1.807) is 0 Å². The number of likely N-dealkylation sites (N-methyl/N-ethyl adjacent to an activating group) is 1. The summed E-state index contributed by atoms with van der Waals surface area (Å²) in [4.78, 5) is 7.99. The minimum absolute atomic E-state index is 0.156. The Morgan fingerprint density at radius 3 is 2.88 bits per heavy atom. The van der Waals surface area contributed by atoms with E-state index in [-0.39, 0.29) is 11.5 Å². The van der Waals surface area contributed by atoms with Gasteiger partial charge in [0.05, 0.1) is 5.56 Å². The van der Waals surface area contributed by atoms with Gasteiger partial charge in [0.25, 0.3) is 0 Å². The number of fused-ring (bicyclic) bond motifs is 1. The number of aromatic nitrogens is 2. The third kappa shape index (κ3) is 1.88. The first kappa shape index (κ1) is 10.9. The number of nitrogens with two attached hydrogens (primary N) is 2. The summed E-state index contributed by atoms with van der Waals surface area (Å²) in [5.41, 5.74) is 11.9. The van der Waals surface area contributed by atoms with Crippen molar-refractivity contribution in [2.75, 3.05) is 24.6 Å². The van der Waals surface area contributed by atoms with Crippen molar-refractivity contribution in [3.63, 3.8) is 0 Å². The summed E-state index contributed by atoms with van der Waals surface area (Å²) in [5.74, 6) is 1.09. The molecule has 0 aliphatic carbocycles. The molecule has 1 atom stereocenters. The van der Waals surface area contributed by atoms with Gasteiger partial charge in [-0.05, 0) is 13.5 Å². The van der Waals surface area contributed by atoms with E-state index in [0.29, 0.717) is 18.1 Å². The maximum absolute atomic E-state index is 5.79. The second kappa shape index (κ2) is 3.79. The fraction of sp³-hybridized carbons (Fsp3) is 0.600. The lowest BCUT2D eigenvalue weighted by atomic mass is 10.00. The Labute approximate surface area is 94.4 Å². The molecule has 0 amide bonds. The highest BCUT2D eigenvalue weighted by Gasteiger charge is 2.37. The highest BCUT2D eigenvalue weighted by molar-refractivity contribution is 5.52. The van der Waals surface area contributed by atoms with Gasteiger partial charge < -0.3 is 21.5 Å². The third-order valence-electron chi connectivity index (χ3n) is 2.66. The van der Waals surface area contributed by atoms with Gasteiger partial charge >= 0.3 is 0 Å². The molecule has 6 nitrogen and oxygen atoms in total. The fourth-order valence-electron chi connectivity index (χ4n) is 1.88. The normalized spacial score (nSPS) is 22.9. The quantitative estimate of drug-likeness (QED) is 0.664. The van der Waals surface area contributed by atoms with Crippen molar-refractivity contribution in [1.29, 1.82) is 0 Å². The predicted molar refractivity (Wildman–Crippen MR) is 62.1 cm³/mol. The van der Waals surface area contributed by atoms with Gasteiger partial charge in [0.15, 0.2) is 0 Å². The average Bonchev–Trinajstić information content (AvgIpc) is 2.53. The molecule has 1 aliphatic rings. The molecule has 1 aromatic heterocycles. The molecule has 5 N–H and O–H groups in total. The summed E-state index contributed by atoms with van der Waals surface area (Å²) in [6.45, 7) is 5.72. The van der Waals surface area contributed by atoms with E-state index in [2.05, 4.69) is 22.2 Å². The Balaban J connectivity index is 2.23. The van der Waals surface area contributed by atoms with Crippen molar-refractivity contribution in [1.82, 2.24) is 15.3 Å². The van der Waals surface area contributed by atoms with E-state index < -0.39 is 0 Å². The first-order valence-corrected chi connectivity index (χ1v) is 5.35. The number of ether oxygens (including phenoxy) is 1. The molecule has 88 valence electrons. The van der Waals surface area contributed by atoms with Crippen LogP contribution in [0.4, 0.5) is 11.8 Å². The first-order valence-electron chi connectivity index (χ1n) is 5.35. The Morgan fingerprint density at radius 2 is 2.19 bits per heavy atom. The highest BCUT2D eigenvalue weighted by atomic mass is 16.5. The lowest BCUT2D eigenvalue weighted by molar-refractivity contribution is 0.110. The van der Waals surface area contributed by atoms with Gasteiger partial charge in [-0.15, -0.1) is 0 Å². The molecular formula is C10H17N5O. The van der Waals surface area contributed by atoms with Crippen molar-refractivity contribution in [2.24, 2.45) is 0 Å². The van der Waals surface area contributed by atoms with Crippen LogP contribution in [0.15, 0.2) is 0 Å². The SMILES string of the molecule is CCNCC1(C)Cc2c(N)nc(N)nc2O1. The first-order chi connectivity index (χ1) is 7.54. The fourth-order valence-corrected chi connectivity index (χ4v) is 1.88. The van der Waals surface area contributed by atoms with Gasteiger partial charge in [-0.3, -0.25) is 0 Å². The van der Waals surface area contributed by atoms with Crippen LogP contribution >= 0.6 is 0 Å². The number of hydrogen-bond donors (Lipinski definition) is 3. The summed E-state index contributed by atoms with van der Waals surface area (Å²) in [7, 11) is 0. The molecule has 0 saturated heterocycles. The Bertz CT molecular complexity index is 408. The van der Waals surface area contributed by atoms with Gasteiger partial charge in [-0.25, -0.2) is 0 Å². The summed E-state index contributed by atoms with van der Waals surface area (Å²) in [6, 6.07) is 0. The average molecular weight is 223 g/mol. The van der Waals surface area contributed by atoms with Crippen LogP contribution in [0.1, 0.15) is 19.4 Å². The summed E-state index contributed by atoms with van der Waals surface area (Å²) < 4.78 is 5.78.